The van der Waals surface area contributed by atoms with Crippen LogP contribution in [-0.4, -0.2) is 45.7 Å². The summed E-state index contributed by atoms with van der Waals surface area (Å²) in [5.74, 6) is 0.756. The number of rotatable bonds is 2. The minimum Gasteiger partial charge on any atom is -0.444 e. The van der Waals surface area contributed by atoms with Gasteiger partial charge in [-0.25, -0.2) is 9.78 Å². The monoisotopic (exact) mass is 292 g/mol. The molecule has 1 aliphatic heterocycles. The first-order valence-corrected chi connectivity index (χ1v) is 7.36. The largest absolute Gasteiger partial charge is 0.444 e. The van der Waals surface area contributed by atoms with Crippen molar-refractivity contribution in [3.8, 4) is 0 Å². The molecular weight excluding hydrogens is 268 g/mol. The molecule has 1 fully saturated rings. The SMILES string of the molecule is Cc1cncc(NC2CCCN(C(=O)OC(C)(C)C)C2)n1. The third-order valence-corrected chi connectivity index (χ3v) is 3.18. The zero-order valence-electron chi connectivity index (χ0n) is 13.2. The number of carbonyl (C=O) groups is 1. The molecule has 1 saturated heterocycles. The lowest BCUT2D eigenvalue weighted by Gasteiger charge is -2.34. The average Bonchev–Trinajstić information content (AvgIpc) is 2.37. The number of hydrogen-bond donors (Lipinski definition) is 1. The van der Waals surface area contributed by atoms with Crippen molar-refractivity contribution < 1.29 is 9.53 Å². The summed E-state index contributed by atoms with van der Waals surface area (Å²) in [6.07, 6.45) is 5.15. The lowest BCUT2D eigenvalue weighted by molar-refractivity contribution is 0.0206. The third-order valence-electron chi connectivity index (χ3n) is 3.18. The Balaban J connectivity index is 1.93. The van der Waals surface area contributed by atoms with Gasteiger partial charge in [-0.2, -0.15) is 0 Å². The lowest BCUT2D eigenvalue weighted by atomic mass is 10.1. The van der Waals surface area contributed by atoms with Gasteiger partial charge in [0.1, 0.15) is 11.4 Å². The van der Waals surface area contributed by atoms with Gasteiger partial charge in [0.15, 0.2) is 0 Å². The van der Waals surface area contributed by atoms with E-state index in [9.17, 15) is 4.79 Å². The van der Waals surface area contributed by atoms with Crippen LogP contribution in [0.15, 0.2) is 12.4 Å². The van der Waals surface area contributed by atoms with Crippen LogP contribution in [0.4, 0.5) is 10.6 Å². The van der Waals surface area contributed by atoms with E-state index in [1.165, 1.54) is 0 Å². The van der Waals surface area contributed by atoms with Gasteiger partial charge < -0.3 is 15.0 Å². The summed E-state index contributed by atoms with van der Waals surface area (Å²) in [6.45, 7) is 8.93. The first kappa shape index (κ1) is 15.5. The van der Waals surface area contributed by atoms with Crippen LogP contribution in [0.3, 0.4) is 0 Å². The van der Waals surface area contributed by atoms with Crippen LogP contribution in [0.1, 0.15) is 39.3 Å². The highest BCUT2D eigenvalue weighted by molar-refractivity contribution is 5.68. The summed E-state index contributed by atoms with van der Waals surface area (Å²) in [5.41, 5.74) is 0.416. The van der Waals surface area contributed by atoms with Gasteiger partial charge in [0.2, 0.25) is 0 Å². The number of nitrogens with one attached hydrogen (secondary N) is 1. The Morgan fingerprint density at radius 2 is 2.19 bits per heavy atom. The Kier molecular flexibility index (Phi) is 4.65. The maximum absolute atomic E-state index is 12.1. The van der Waals surface area contributed by atoms with E-state index in [1.54, 1.807) is 17.3 Å². The summed E-state index contributed by atoms with van der Waals surface area (Å²) in [6, 6.07) is 0.183. The van der Waals surface area contributed by atoms with Gasteiger partial charge in [-0.15, -0.1) is 0 Å². The highest BCUT2D eigenvalue weighted by atomic mass is 16.6. The van der Waals surface area contributed by atoms with E-state index in [0.29, 0.717) is 6.54 Å². The minimum absolute atomic E-state index is 0.183. The predicted molar refractivity (Wildman–Crippen MR) is 81.2 cm³/mol. The number of piperidine rings is 1. The van der Waals surface area contributed by atoms with Crippen LogP contribution in [0, 0.1) is 6.92 Å². The number of anilines is 1. The fourth-order valence-electron chi connectivity index (χ4n) is 2.33. The maximum atomic E-state index is 12.1. The zero-order chi connectivity index (χ0) is 15.5. The van der Waals surface area contributed by atoms with Crippen molar-refractivity contribution >= 4 is 11.9 Å². The van der Waals surface area contributed by atoms with Crippen LogP contribution in [0.25, 0.3) is 0 Å². The molecule has 116 valence electrons. The van der Waals surface area contributed by atoms with E-state index in [0.717, 1.165) is 30.9 Å². The molecule has 2 rings (SSSR count). The van der Waals surface area contributed by atoms with E-state index in [1.807, 2.05) is 27.7 Å². The normalized spacial score (nSPS) is 19.2. The Labute approximate surface area is 125 Å². The molecule has 21 heavy (non-hydrogen) atoms. The number of aryl methyl sites for hydroxylation is 1. The Morgan fingerprint density at radius 1 is 1.43 bits per heavy atom. The number of ether oxygens (including phenoxy) is 1. The van der Waals surface area contributed by atoms with Crippen molar-refractivity contribution in [2.24, 2.45) is 0 Å². The van der Waals surface area contributed by atoms with Crippen molar-refractivity contribution in [2.75, 3.05) is 18.4 Å². The number of likely N-dealkylation sites (tertiary alicyclic amines) is 1. The molecule has 1 aromatic rings. The smallest absolute Gasteiger partial charge is 0.410 e. The van der Waals surface area contributed by atoms with Crippen LogP contribution < -0.4 is 5.32 Å². The second-order valence-electron chi connectivity index (χ2n) is 6.46. The second kappa shape index (κ2) is 6.28. The number of carbonyl (C=O) groups excluding carboxylic acids is 1. The molecule has 0 radical (unpaired) electrons. The summed E-state index contributed by atoms with van der Waals surface area (Å²) in [5, 5.41) is 3.35. The average molecular weight is 292 g/mol. The summed E-state index contributed by atoms with van der Waals surface area (Å²) < 4.78 is 5.43. The van der Waals surface area contributed by atoms with Gasteiger partial charge in [0, 0.05) is 25.3 Å². The fourth-order valence-corrected chi connectivity index (χ4v) is 2.33. The highest BCUT2D eigenvalue weighted by Crippen LogP contribution is 2.17. The van der Waals surface area contributed by atoms with E-state index in [4.69, 9.17) is 4.74 Å². The maximum Gasteiger partial charge on any atom is 0.410 e. The molecule has 0 saturated carbocycles. The molecular formula is C15H24N4O2. The number of hydrogen-bond acceptors (Lipinski definition) is 5. The molecule has 0 bridgehead atoms. The van der Waals surface area contributed by atoms with Crippen molar-refractivity contribution in [1.29, 1.82) is 0 Å². The molecule has 2 heterocycles. The van der Waals surface area contributed by atoms with Gasteiger partial charge in [-0.3, -0.25) is 4.98 Å². The van der Waals surface area contributed by atoms with Gasteiger partial charge in [-0.05, 0) is 40.5 Å². The number of aromatic nitrogens is 2. The molecule has 0 aromatic carbocycles. The third kappa shape index (κ3) is 4.88. The number of nitrogens with zero attached hydrogens (tertiary/aromatic N) is 3. The van der Waals surface area contributed by atoms with Gasteiger partial charge in [-0.1, -0.05) is 0 Å². The van der Waals surface area contributed by atoms with Crippen molar-refractivity contribution in [2.45, 2.75) is 52.2 Å². The van der Waals surface area contributed by atoms with E-state index >= 15 is 0 Å². The van der Waals surface area contributed by atoms with Crippen LogP contribution >= 0.6 is 0 Å². The second-order valence-corrected chi connectivity index (χ2v) is 6.46. The molecule has 6 heteroatoms. The van der Waals surface area contributed by atoms with Gasteiger partial charge in [0.05, 0.1) is 11.9 Å². The Bertz CT molecular complexity index is 499. The Hall–Kier alpha value is -1.85. The Morgan fingerprint density at radius 3 is 2.86 bits per heavy atom. The van der Waals surface area contributed by atoms with E-state index < -0.39 is 5.60 Å². The molecule has 1 aliphatic rings. The minimum atomic E-state index is -0.459. The molecule has 1 aromatic heterocycles. The first-order valence-electron chi connectivity index (χ1n) is 7.36. The quantitative estimate of drug-likeness (QED) is 0.907. The first-order chi connectivity index (χ1) is 9.83. The van der Waals surface area contributed by atoms with Crippen LogP contribution in [-0.2, 0) is 4.74 Å². The summed E-state index contributed by atoms with van der Waals surface area (Å²) in [4.78, 5) is 22.4. The van der Waals surface area contributed by atoms with Crippen LogP contribution in [0.5, 0.6) is 0 Å². The summed E-state index contributed by atoms with van der Waals surface area (Å²) >= 11 is 0. The van der Waals surface area contributed by atoms with Crippen molar-refractivity contribution in [3.05, 3.63) is 18.1 Å². The fraction of sp³-hybridized carbons (Fsp3) is 0.667. The molecule has 1 unspecified atom stereocenters. The molecule has 0 aliphatic carbocycles. The standard InChI is InChI=1S/C15H24N4O2/c1-11-8-16-9-13(17-11)18-12-6-5-7-19(10-12)14(20)21-15(2,3)4/h8-9,12H,5-7,10H2,1-4H3,(H,17,18). The predicted octanol–water partition coefficient (Wildman–Crippen LogP) is 2.60. The topological polar surface area (TPSA) is 67.4 Å². The molecule has 0 spiro atoms. The van der Waals surface area contributed by atoms with Gasteiger partial charge >= 0.3 is 6.09 Å². The summed E-state index contributed by atoms with van der Waals surface area (Å²) in [7, 11) is 0. The van der Waals surface area contributed by atoms with Gasteiger partial charge in [0.25, 0.3) is 0 Å². The number of amides is 1. The van der Waals surface area contributed by atoms with E-state index in [2.05, 4.69) is 15.3 Å². The van der Waals surface area contributed by atoms with Crippen molar-refractivity contribution in [1.82, 2.24) is 14.9 Å². The van der Waals surface area contributed by atoms with Crippen LogP contribution in [0.2, 0.25) is 0 Å². The van der Waals surface area contributed by atoms with Crippen molar-refractivity contribution in [3.63, 3.8) is 0 Å². The molecule has 1 amide bonds. The zero-order valence-corrected chi connectivity index (χ0v) is 13.2. The molecule has 1 atom stereocenters. The lowest BCUT2D eigenvalue weighted by Crippen LogP contribution is -2.47. The molecule has 1 N–H and O–H groups in total. The molecule has 6 nitrogen and oxygen atoms in total. The van der Waals surface area contributed by atoms with E-state index in [-0.39, 0.29) is 12.1 Å². The highest BCUT2D eigenvalue weighted by Gasteiger charge is 2.27.